The van der Waals surface area contributed by atoms with Gasteiger partial charge in [0.25, 0.3) is 0 Å². The lowest BCUT2D eigenvalue weighted by Crippen LogP contribution is -2.02. The Morgan fingerprint density at radius 2 is 1.21 bits per heavy atom. The van der Waals surface area contributed by atoms with Gasteiger partial charge in [0.1, 0.15) is 18.1 Å². The van der Waals surface area contributed by atoms with Crippen LogP contribution in [0.4, 0.5) is 0 Å². The molecular formula is C18H22O6. The van der Waals surface area contributed by atoms with E-state index < -0.39 is 0 Å². The highest BCUT2D eigenvalue weighted by molar-refractivity contribution is 6.05. The van der Waals surface area contributed by atoms with Crippen molar-refractivity contribution in [1.82, 2.24) is 0 Å². The van der Waals surface area contributed by atoms with Crippen molar-refractivity contribution in [2.45, 2.75) is 0 Å². The maximum atomic E-state index is 5.71. The topological polar surface area (TPSA) is 55.4 Å². The molecule has 0 aliphatic rings. The van der Waals surface area contributed by atoms with E-state index >= 15 is 0 Å². The highest BCUT2D eigenvalue weighted by Gasteiger charge is 2.25. The van der Waals surface area contributed by atoms with Crippen LogP contribution in [0.3, 0.4) is 0 Å². The maximum Gasteiger partial charge on any atom is 0.172 e. The van der Waals surface area contributed by atoms with Crippen LogP contribution in [0, 0.1) is 0 Å². The van der Waals surface area contributed by atoms with Crippen molar-refractivity contribution in [2.75, 3.05) is 42.2 Å². The largest absolute Gasteiger partial charge is 0.496 e. The van der Waals surface area contributed by atoms with E-state index in [4.69, 9.17) is 28.4 Å². The zero-order valence-electron chi connectivity index (χ0n) is 14.6. The van der Waals surface area contributed by atoms with Gasteiger partial charge in [-0.15, -0.1) is 0 Å². The average molecular weight is 334 g/mol. The molecule has 0 aliphatic carbocycles. The minimum Gasteiger partial charge on any atom is -0.496 e. The predicted octanol–water partition coefficient (Wildman–Crippen LogP) is 3.45. The van der Waals surface area contributed by atoms with Crippen molar-refractivity contribution in [1.29, 1.82) is 0 Å². The minimum absolute atomic E-state index is 0.328. The summed E-state index contributed by atoms with van der Waals surface area (Å²) >= 11 is 0. The van der Waals surface area contributed by atoms with Gasteiger partial charge in [0.05, 0.1) is 46.3 Å². The van der Waals surface area contributed by atoms with E-state index in [0.29, 0.717) is 51.9 Å². The van der Waals surface area contributed by atoms with Gasteiger partial charge in [0, 0.05) is 12.1 Å². The second kappa shape index (κ2) is 7.68. The van der Waals surface area contributed by atoms with Crippen LogP contribution in [0.15, 0.2) is 24.8 Å². The average Bonchev–Trinajstić information content (AvgIpc) is 2.63. The van der Waals surface area contributed by atoms with Crippen LogP contribution in [0.1, 0.15) is 0 Å². The molecule has 2 aromatic carbocycles. The van der Waals surface area contributed by atoms with Gasteiger partial charge in [-0.05, 0) is 0 Å². The standard InChI is InChI=1S/C18H22O6/c1-7-8-24-14-10-12(20-3)15-11(19-2)9-13(21-4)17(22-5)16(15)18(14)23-6/h7,9-10H,1,8H2,2-6H3. The number of methoxy groups -OCH3 is 5. The normalized spacial score (nSPS) is 10.2. The molecule has 130 valence electrons. The number of rotatable bonds is 8. The molecule has 0 aliphatic heterocycles. The molecule has 2 rings (SSSR count). The second-order valence-corrected chi connectivity index (χ2v) is 4.77. The third kappa shape index (κ3) is 2.87. The molecule has 2 aromatic rings. The molecule has 0 heterocycles. The van der Waals surface area contributed by atoms with Gasteiger partial charge in [0.15, 0.2) is 23.0 Å². The van der Waals surface area contributed by atoms with Crippen molar-refractivity contribution >= 4 is 10.8 Å². The maximum absolute atomic E-state index is 5.71. The number of benzene rings is 2. The molecule has 0 spiro atoms. The van der Waals surface area contributed by atoms with E-state index in [1.807, 2.05) is 0 Å². The molecule has 6 nitrogen and oxygen atoms in total. The molecule has 0 bridgehead atoms. The monoisotopic (exact) mass is 334 g/mol. The summed E-state index contributed by atoms with van der Waals surface area (Å²) < 4.78 is 33.3. The fourth-order valence-electron chi connectivity index (χ4n) is 2.59. The summed E-state index contributed by atoms with van der Waals surface area (Å²) in [4.78, 5) is 0. The second-order valence-electron chi connectivity index (χ2n) is 4.77. The molecule has 0 amide bonds. The Morgan fingerprint density at radius 3 is 1.67 bits per heavy atom. The first-order valence-corrected chi connectivity index (χ1v) is 7.28. The van der Waals surface area contributed by atoms with E-state index in [0.717, 1.165) is 0 Å². The molecule has 0 atom stereocenters. The zero-order valence-corrected chi connectivity index (χ0v) is 14.6. The Hall–Kier alpha value is -2.76. The van der Waals surface area contributed by atoms with E-state index in [2.05, 4.69) is 6.58 Å². The van der Waals surface area contributed by atoms with E-state index in [1.165, 1.54) is 0 Å². The van der Waals surface area contributed by atoms with Gasteiger partial charge in [-0.3, -0.25) is 0 Å². The quantitative estimate of drug-likeness (QED) is 0.689. The lowest BCUT2D eigenvalue weighted by molar-refractivity contribution is 0.322. The Morgan fingerprint density at radius 1 is 0.708 bits per heavy atom. The number of fused-ring (bicyclic) bond motifs is 1. The van der Waals surface area contributed by atoms with Crippen LogP contribution in [0.2, 0.25) is 0 Å². The first kappa shape index (κ1) is 17.6. The molecule has 0 unspecified atom stereocenters. The lowest BCUT2D eigenvalue weighted by atomic mass is 10.0. The first-order valence-electron chi connectivity index (χ1n) is 7.28. The molecular weight excluding hydrogens is 312 g/mol. The van der Waals surface area contributed by atoms with Crippen molar-refractivity contribution in [3.63, 3.8) is 0 Å². The van der Waals surface area contributed by atoms with E-state index in [1.54, 1.807) is 53.8 Å². The molecule has 0 saturated heterocycles. The van der Waals surface area contributed by atoms with Gasteiger partial charge >= 0.3 is 0 Å². The summed E-state index contributed by atoms with van der Waals surface area (Å²) in [6, 6.07) is 3.49. The Labute approximate surface area is 141 Å². The van der Waals surface area contributed by atoms with Crippen molar-refractivity contribution in [2.24, 2.45) is 0 Å². The summed E-state index contributed by atoms with van der Waals surface area (Å²) in [5.41, 5.74) is 0. The summed E-state index contributed by atoms with van der Waals surface area (Å²) in [6.07, 6.45) is 1.65. The predicted molar refractivity (Wildman–Crippen MR) is 92.4 cm³/mol. The van der Waals surface area contributed by atoms with Crippen LogP contribution < -0.4 is 28.4 Å². The smallest absolute Gasteiger partial charge is 0.172 e. The Kier molecular flexibility index (Phi) is 5.63. The van der Waals surface area contributed by atoms with Crippen LogP contribution in [-0.4, -0.2) is 42.2 Å². The van der Waals surface area contributed by atoms with Gasteiger partial charge in [0.2, 0.25) is 0 Å². The molecule has 0 N–H and O–H groups in total. The Balaban J connectivity index is 2.98. The fourth-order valence-corrected chi connectivity index (χ4v) is 2.59. The van der Waals surface area contributed by atoms with Crippen LogP contribution >= 0.6 is 0 Å². The number of ether oxygens (including phenoxy) is 6. The molecule has 24 heavy (non-hydrogen) atoms. The Bertz CT molecular complexity index is 738. The van der Waals surface area contributed by atoms with Crippen LogP contribution in [0.5, 0.6) is 34.5 Å². The highest BCUT2D eigenvalue weighted by Crippen LogP contribution is 2.52. The van der Waals surface area contributed by atoms with Crippen LogP contribution in [-0.2, 0) is 0 Å². The number of hydrogen-bond donors (Lipinski definition) is 0. The van der Waals surface area contributed by atoms with Gasteiger partial charge in [-0.25, -0.2) is 0 Å². The summed E-state index contributed by atoms with van der Waals surface area (Å²) in [6.45, 7) is 3.99. The SMILES string of the molecule is C=CCOc1cc(OC)c2c(OC)cc(OC)c(OC)c2c1OC. The summed E-state index contributed by atoms with van der Waals surface area (Å²) in [5, 5.41) is 1.36. The van der Waals surface area contributed by atoms with Gasteiger partial charge in [-0.2, -0.15) is 0 Å². The molecule has 0 fully saturated rings. The fraction of sp³-hybridized carbons (Fsp3) is 0.333. The minimum atomic E-state index is 0.328. The molecule has 6 heteroatoms. The first-order chi connectivity index (χ1) is 11.7. The van der Waals surface area contributed by atoms with Gasteiger partial charge < -0.3 is 28.4 Å². The molecule has 0 radical (unpaired) electrons. The molecule has 0 aromatic heterocycles. The molecule has 0 saturated carbocycles. The van der Waals surface area contributed by atoms with E-state index in [-0.39, 0.29) is 0 Å². The van der Waals surface area contributed by atoms with E-state index in [9.17, 15) is 0 Å². The van der Waals surface area contributed by atoms with Crippen molar-refractivity contribution < 1.29 is 28.4 Å². The summed E-state index contributed by atoms with van der Waals surface area (Å²) in [5.74, 6) is 3.18. The number of hydrogen-bond acceptors (Lipinski definition) is 6. The van der Waals surface area contributed by atoms with Crippen LogP contribution in [0.25, 0.3) is 10.8 Å². The lowest BCUT2D eigenvalue weighted by Gasteiger charge is -2.20. The van der Waals surface area contributed by atoms with Crippen molar-refractivity contribution in [3.05, 3.63) is 24.8 Å². The van der Waals surface area contributed by atoms with Gasteiger partial charge in [-0.1, -0.05) is 12.7 Å². The third-order valence-corrected chi connectivity index (χ3v) is 3.59. The highest BCUT2D eigenvalue weighted by atomic mass is 16.5. The van der Waals surface area contributed by atoms with Crippen molar-refractivity contribution in [3.8, 4) is 34.5 Å². The zero-order chi connectivity index (χ0) is 17.7. The summed E-state index contributed by atoms with van der Waals surface area (Å²) in [7, 11) is 7.84. The third-order valence-electron chi connectivity index (χ3n) is 3.59.